The molecule has 0 aliphatic carbocycles. The van der Waals surface area contributed by atoms with E-state index >= 15 is 0 Å². The third kappa shape index (κ3) is 3.80. The van der Waals surface area contributed by atoms with Crippen LogP contribution in [0, 0.1) is 18.8 Å². The van der Waals surface area contributed by atoms with Gasteiger partial charge in [-0.3, -0.25) is 4.79 Å². The molecule has 2 rings (SSSR count). The maximum Gasteiger partial charge on any atom is 0.254 e. The van der Waals surface area contributed by atoms with Crippen LogP contribution >= 0.6 is 11.6 Å². The van der Waals surface area contributed by atoms with E-state index in [9.17, 15) is 9.90 Å². The number of carbonyl (C=O) groups excluding carboxylic acids is 1. The van der Waals surface area contributed by atoms with Crippen LogP contribution in [0.15, 0.2) is 18.2 Å². The Bertz CT molecular complexity index is 535. The summed E-state index contributed by atoms with van der Waals surface area (Å²) in [4.78, 5) is 16.8. The lowest BCUT2D eigenvalue weighted by Gasteiger charge is -2.22. The minimum atomic E-state index is 0.0140. The standard InChI is InChI=1S/C17H25ClN2O2/c1-4-19(3)8-13-9-20(10-14(13)11-21)17(22)16-7-15(18)6-5-12(16)2/h5-7,13-14,21H,4,8-11H2,1-3H3/t13-,14-/m1/s1. The van der Waals surface area contributed by atoms with Crippen LogP contribution in [0.5, 0.6) is 0 Å². The highest BCUT2D eigenvalue weighted by atomic mass is 35.5. The first-order valence-electron chi connectivity index (χ1n) is 7.81. The highest BCUT2D eigenvalue weighted by Gasteiger charge is 2.35. The summed E-state index contributed by atoms with van der Waals surface area (Å²) in [6.45, 7) is 7.34. The van der Waals surface area contributed by atoms with Crippen molar-refractivity contribution in [3.05, 3.63) is 34.3 Å². The smallest absolute Gasteiger partial charge is 0.254 e. The molecule has 5 heteroatoms. The number of carbonyl (C=O) groups is 1. The van der Waals surface area contributed by atoms with Crippen LogP contribution < -0.4 is 0 Å². The van der Waals surface area contributed by atoms with Crippen molar-refractivity contribution in [3.8, 4) is 0 Å². The van der Waals surface area contributed by atoms with Crippen LogP contribution in [-0.4, -0.2) is 60.6 Å². The lowest BCUT2D eigenvalue weighted by atomic mass is 9.96. The zero-order valence-corrected chi connectivity index (χ0v) is 14.3. The first-order valence-corrected chi connectivity index (χ1v) is 8.18. The van der Waals surface area contributed by atoms with Gasteiger partial charge >= 0.3 is 0 Å². The van der Waals surface area contributed by atoms with Crippen LogP contribution in [0.3, 0.4) is 0 Å². The minimum Gasteiger partial charge on any atom is -0.396 e. The van der Waals surface area contributed by atoms with E-state index in [4.69, 9.17) is 11.6 Å². The van der Waals surface area contributed by atoms with Gasteiger partial charge in [-0.25, -0.2) is 0 Å². The molecular formula is C17H25ClN2O2. The quantitative estimate of drug-likeness (QED) is 0.903. The van der Waals surface area contributed by atoms with Gasteiger partial charge in [-0.05, 0) is 44.1 Å². The van der Waals surface area contributed by atoms with Gasteiger partial charge in [0, 0.05) is 42.7 Å². The van der Waals surface area contributed by atoms with Gasteiger partial charge in [0.2, 0.25) is 0 Å². The topological polar surface area (TPSA) is 43.8 Å². The number of halogens is 1. The largest absolute Gasteiger partial charge is 0.396 e. The maximum absolute atomic E-state index is 12.8. The second-order valence-corrected chi connectivity index (χ2v) is 6.66. The van der Waals surface area contributed by atoms with Gasteiger partial charge in [-0.15, -0.1) is 0 Å². The molecule has 2 atom stereocenters. The van der Waals surface area contributed by atoms with Gasteiger partial charge in [0.25, 0.3) is 5.91 Å². The van der Waals surface area contributed by atoms with E-state index in [2.05, 4.69) is 18.9 Å². The summed E-state index contributed by atoms with van der Waals surface area (Å²) in [5.41, 5.74) is 1.60. The number of hydrogen-bond acceptors (Lipinski definition) is 3. The molecular weight excluding hydrogens is 300 g/mol. The highest BCUT2D eigenvalue weighted by Crippen LogP contribution is 2.27. The predicted molar refractivity (Wildman–Crippen MR) is 89.3 cm³/mol. The molecule has 0 unspecified atom stereocenters. The number of hydrogen-bond donors (Lipinski definition) is 1. The number of amides is 1. The fourth-order valence-electron chi connectivity index (χ4n) is 3.04. The average Bonchev–Trinajstić information content (AvgIpc) is 2.91. The average molecular weight is 325 g/mol. The summed E-state index contributed by atoms with van der Waals surface area (Å²) in [6.07, 6.45) is 0. The Morgan fingerprint density at radius 3 is 2.73 bits per heavy atom. The van der Waals surface area contributed by atoms with Gasteiger partial charge in [0.1, 0.15) is 0 Å². The van der Waals surface area contributed by atoms with Gasteiger partial charge in [0.15, 0.2) is 0 Å². The number of rotatable bonds is 5. The molecule has 1 aliphatic rings. The Labute approximate surface area is 137 Å². The summed E-state index contributed by atoms with van der Waals surface area (Å²) in [5.74, 6) is 0.482. The van der Waals surface area contributed by atoms with E-state index < -0.39 is 0 Å². The molecule has 22 heavy (non-hydrogen) atoms. The number of likely N-dealkylation sites (tertiary alicyclic amines) is 1. The molecule has 0 bridgehead atoms. The molecule has 122 valence electrons. The molecule has 1 N–H and O–H groups in total. The summed E-state index contributed by atoms with van der Waals surface area (Å²) in [5, 5.41) is 10.2. The summed E-state index contributed by atoms with van der Waals surface area (Å²) < 4.78 is 0. The van der Waals surface area contributed by atoms with E-state index in [1.807, 2.05) is 17.9 Å². The summed E-state index contributed by atoms with van der Waals surface area (Å²) >= 11 is 6.02. The van der Waals surface area contributed by atoms with Crippen molar-refractivity contribution in [2.75, 3.05) is 39.8 Å². The lowest BCUT2D eigenvalue weighted by Crippen LogP contribution is -2.32. The monoisotopic (exact) mass is 324 g/mol. The van der Waals surface area contributed by atoms with E-state index in [0.29, 0.717) is 29.6 Å². The van der Waals surface area contributed by atoms with Crippen LogP contribution in [0.4, 0.5) is 0 Å². The molecule has 0 spiro atoms. The molecule has 0 aromatic heterocycles. The first-order chi connectivity index (χ1) is 10.5. The molecule has 1 saturated heterocycles. The molecule has 0 saturated carbocycles. The van der Waals surface area contributed by atoms with Gasteiger partial charge < -0.3 is 14.9 Å². The number of aliphatic hydroxyl groups excluding tert-OH is 1. The van der Waals surface area contributed by atoms with Crippen molar-refractivity contribution in [1.29, 1.82) is 0 Å². The van der Waals surface area contributed by atoms with Crippen LogP contribution in [-0.2, 0) is 0 Å². The molecule has 1 fully saturated rings. The summed E-state index contributed by atoms with van der Waals surface area (Å²) in [7, 11) is 2.07. The van der Waals surface area contributed by atoms with Gasteiger partial charge in [0.05, 0.1) is 0 Å². The zero-order valence-electron chi connectivity index (χ0n) is 13.6. The molecule has 1 amide bonds. The Hall–Kier alpha value is -1.10. The lowest BCUT2D eigenvalue weighted by molar-refractivity contribution is 0.0778. The molecule has 1 heterocycles. The van der Waals surface area contributed by atoms with E-state index in [0.717, 1.165) is 18.7 Å². The van der Waals surface area contributed by atoms with Crippen molar-refractivity contribution in [2.24, 2.45) is 11.8 Å². The number of aliphatic hydroxyl groups is 1. The van der Waals surface area contributed by atoms with Crippen molar-refractivity contribution in [1.82, 2.24) is 9.80 Å². The Balaban J connectivity index is 2.12. The SMILES string of the molecule is CCN(C)C[C@@H]1CN(C(=O)c2cc(Cl)ccc2C)C[C@@H]1CO. The first kappa shape index (κ1) is 17.3. The molecule has 0 radical (unpaired) electrons. The molecule has 1 aromatic carbocycles. The number of nitrogens with zero attached hydrogens (tertiary/aromatic N) is 2. The molecule has 1 aliphatic heterocycles. The van der Waals surface area contributed by atoms with E-state index in [1.54, 1.807) is 12.1 Å². The van der Waals surface area contributed by atoms with Crippen molar-refractivity contribution >= 4 is 17.5 Å². The fraction of sp³-hybridized carbons (Fsp3) is 0.588. The molecule has 4 nitrogen and oxygen atoms in total. The third-order valence-electron chi connectivity index (χ3n) is 4.61. The Kier molecular flexibility index (Phi) is 5.84. The van der Waals surface area contributed by atoms with Crippen LogP contribution in [0.25, 0.3) is 0 Å². The Morgan fingerprint density at radius 2 is 2.09 bits per heavy atom. The minimum absolute atomic E-state index is 0.0140. The molecule has 1 aromatic rings. The zero-order chi connectivity index (χ0) is 16.3. The maximum atomic E-state index is 12.8. The van der Waals surface area contributed by atoms with Crippen molar-refractivity contribution in [2.45, 2.75) is 13.8 Å². The number of aryl methyl sites for hydroxylation is 1. The van der Waals surface area contributed by atoms with E-state index in [-0.39, 0.29) is 18.4 Å². The van der Waals surface area contributed by atoms with Crippen molar-refractivity contribution in [3.63, 3.8) is 0 Å². The fourth-order valence-corrected chi connectivity index (χ4v) is 3.21. The second-order valence-electron chi connectivity index (χ2n) is 6.23. The van der Waals surface area contributed by atoms with Crippen molar-refractivity contribution < 1.29 is 9.90 Å². The number of benzene rings is 1. The summed E-state index contributed by atoms with van der Waals surface area (Å²) in [6, 6.07) is 5.41. The van der Waals surface area contributed by atoms with E-state index in [1.165, 1.54) is 0 Å². The second kappa shape index (κ2) is 7.44. The van der Waals surface area contributed by atoms with Crippen LogP contribution in [0.2, 0.25) is 5.02 Å². The third-order valence-corrected chi connectivity index (χ3v) is 4.85. The predicted octanol–water partition coefficient (Wildman–Crippen LogP) is 2.28. The van der Waals surface area contributed by atoms with Gasteiger partial charge in [-0.2, -0.15) is 0 Å². The Morgan fingerprint density at radius 1 is 1.41 bits per heavy atom. The highest BCUT2D eigenvalue weighted by molar-refractivity contribution is 6.31. The van der Waals surface area contributed by atoms with Crippen LogP contribution in [0.1, 0.15) is 22.8 Å². The normalized spacial score (nSPS) is 21.6. The van der Waals surface area contributed by atoms with Gasteiger partial charge in [-0.1, -0.05) is 24.6 Å².